The SMILES string of the molecule is CCSCC(C)NS(=O)(=O)c1ccc(CN)c(Cl)c1. The molecular formula is C12H19ClN2O2S2. The second kappa shape index (κ2) is 7.50. The van der Waals surface area contributed by atoms with Crippen molar-refractivity contribution in [3.8, 4) is 0 Å². The van der Waals surface area contributed by atoms with Gasteiger partial charge in [-0.15, -0.1) is 0 Å². The lowest BCUT2D eigenvalue weighted by molar-refractivity contribution is 0.571. The first kappa shape index (κ1) is 16.8. The maximum Gasteiger partial charge on any atom is 0.240 e. The number of benzene rings is 1. The van der Waals surface area contributed by atoms with Crippen LogP contribution in [0.1, 0.15) is 19.4 Å². The summed E-state index contributed by atoms with van der Waals surface area (Å²) in [4.78, 5) is 0.169. The molecule has 1 aromatic rings. The second-order valence-corrected chi connectivity index (χ2v) is 7.58. The molecule has 0 heterocycles. The number of sulfonamides is 1. The first-order chi connectivity index (χ1) is 8.90. The van der Waals surface area contributed by atoms with E-state index in [1.807, 2.05) is 13.8 Å². The summed E-state index contributed by atoms with van der Waals surface area (Å²) < 4.78 is 26.9. The molecule has 0 aliphatic rings. The maximum atomic E-state index is 12.1. The Hall–Kier alpha value is -0.270. The molecule has 7 heteroatoms. The van der Waals surface area contributed by atoms with Crippen LogP contribution in [0.5, 0.6) is 0 Å². The van der Waals surface area contributed by atoms with Crippen molar-refractivity contribution in [1.29, 1.82) is 0 Å². The number of thioether (sulfide) groups is 1. The minimum Gasteiger partial charge on any atom is -0.326 e. The normalized spacial score (nSPS) is 13.5. The van der Waals surface area contributed by atoms with E-state index in [-0.39, 0.29) is 17.5 Å². The van der Waals surface area contributed by atoms with Crippen LogP contribution in [0.3, 0.4) is 0 Å². The van der Waals surface area contributed by atoms with Gasteiger partial charge in [0.15, 0.2) is 0 Å². The van der Waals surface area contributed by atoms with Crippen LogP contribution in [0.15, 0.2) is 23.1 Å². The van der Waals surface area contributed by atoms with E-state index in [4.69, 9.17) is 17.3 Å². The topological polar surface area (TPSA) is 72.2 Å². The minimum absolute atomic E-state index is 0.122. The summed E-state index contributed by atoms with van der Waals surface area (Å²) in [6, 6.07) is 4.48. The number of hydrogen-bond donors (Lipinski definition) is 2. The van der Waals surface area contributed by atoms with Gasteiger partial charge in [-0.25, -0.2) is 13.1 Å². The molecule has 0 saturated carbocycles. The van der Waals surface area contributed by atoms with Crippen molar-refractivity contribution in [2.24, 2.45) is 5.73 Å². The second-order valence-electron chi connectivity index (χ2n) is 4.14. The molecule has 0 radical (unpaired) electrons. The summed E-state index contributed by atoms with van der Waals surface area (Å²) in [5, 5.41) is 0.376. The van der Waals surface area contributed by atoms with Crippen LogP contribution in [0.4, 0.5) is 0 Å². The van der Waals surface area contributed by atoms with Gasteiger partial charge in [0, 0.05) is 23.4 Å². The van der Waals surface area contributed by atoms with Crippen LogP contribution < -0.4 is 10.5 Å². The molecule has 1 rings (SSSR count). The van der Waals surface area contributed by atoms with Crippen molar-refractivity contribution in [2.45, 2.75) is 31.3 Å². The third-order valence-electron chi connectivity index (χ3n) is 2.48. The van der Waals surface area contributed by atoms with Crippen molar-refractivity contribution in [1.82, 2.24) is 4.72 Å². The van der Waals surface area contributed by atoms with Gasteiger partial charge in [-0.2, -0.15) is 11.8 Å². The van der Waals surface area contributed by atoms with E-state index in [0.29, 0.717) is 5.02 Å². The number of nitrogens with one attached hydrogen (secondary N) is 1. The largest absolute Gasteiger partial charge is 0.326 e. The van der Waals surface area contributed by atoms with Crippen molar-refractivity contribution in [3.05, 3.63) is 28.8 Å². The molecule has 108 valence electrons. The first-order valence-corrected chi connectivity index (χ1v) is 9.00. The molecule has 1 atom stereocenters. The van der Waals surface area contributed by atoms with Crippen LogP contribution in [0, 0.1) is 0 Å². The minimum atomic E-state index is -3.53. The average Bonchev–Trinajstić information content (AvgIpc) is 2.35. The zero-order valence-corrected chi connectivity index (χ0v) is 13.4. The van der Waals surface area contributed by atoms with Crippen LogP contribution in [0.25, 0.3) is 0 Å². The third-order valence-corrected chi connectivity index (χ3v) is 5.57. The quantitative estimate of drug-likeness (QED) is 0.807. The van der Waals surface area contributed by atoms with E-state index in [2.05, 4.69) is 4.72 Å². The molecular weight excluding hydrogens is 304 g/mol. The molecule has 0 saturated heterocycles. The Bertz CT molecular complexity index is 520. The smallest absolute Gasteiger partial charge is 0.240 e. The van der Waals surface area contributed by atoms with E-state index in [1.54, 1.807) is 17.8 Å². The molecule has 1 unspecified atom stereocenters. The van der Waals surface area contributed by atoms with Crippen molar-refractivity contribution in [3.63, 3.8) is 0 Å². The van der Waals surface area contributed by atoms with Crippen molar-refractivity contribution >= 4 is 33.4 Å². The highest BCUT2D eigenvalue weighted by Gasteiger charge is 2.18. The van der Waals surface area contributed by atoms with Gasteiger partial charge in [0.2, 0.25) is 10.0 Å². The zero-order chi connectivity index (χ0) is 14.5. The lowest BCUT2D eigenvalue weighted by Gasteiger charge is -2.14. The number of nitrogens with two attached hydrogens (primary N) is 1. The molecule has 4 nitrogen and oxygen atoms in total. The lowest BCUT2D eigenvalue weighted by Crippen LogP contribution is -2.34. The highest BCUT2D eigenvalue weighted by Crippen LogP contribution is 2.20. The van der Waals surface area contributed by atoms with Gasteiger partial charge < -0.3 is 5.73 Å². The average molecular weight is 323 g/mol. The number of halogens is 1. The predicted octanol–water partition coefficient (Wildman–Crippen LogP) is 2.22. The summed E-state index contributed by atoms with van der Waals surface area (Å²) in [6.07, 6.45) is 0. The molecule has 19 heavy (non-hydrogen) atoms. The molecule has 0 aliphatic carbocycles. The molecule has 0 spiro atoms. The molecule has 1 aromatic carbocycles. The number of hydrogen-bond acceptors (Lipinski definition) is 4. The van der Waals surface area contributed by atoms with E-state index < -0.39 is 10.0 Å². The summed E-state index contributed by atoms with van der Waals surface area (Å²) in [7, 11) is -3.53. The monoisotopic (exact) mass is 322 g/mol. The van der Waals surface area contributed by atoms with Gasteiger partial charge in [0.1, 0.15) is 0 Å². The molecule has 0 bridgehead atoms. The fraction of sp³-hybridized carbons (Fsp3) is 0.500. The van der Waals surface area contributed by atoms with Crippen LogP contribution >= 0.6 is 23.4 Å². The van der Waals surface area contributed by atoms with Crippen LogP contribution in [-0.4, -0.2) is 26.0 Å². The first-order valence-electron chi connectivity index (χ1n) is 5.99. The van der Waals surface area contributed by atoms with Gasteiger partial charge in [-0.05, 0) is 30.4 Å². The number of rotatable bonds is 7. The summed E-state index contributed by atoms with van der Waals surface area (Å²) in [5.41, 5.74) is 6.22. The summed E-state index contributed by atoms with van der Waals surface area (Å²) in [5.74, 6) is 1.70. The van der Waals surface area contributed by atoms with Gasteiger partial charge in [0.05, 0.1) is 4.90 Å². The fourth-order valence-corrected chi connectivity index (χ4v) is 3.89. The van der Waals surface area contributed by atoms with E-state index in [1.165, 1.54) is 12.1 Å². The van der Waals surface area contributed by atoms with Crippen molar-refractivity contribution in [2.75, 3.05) is 11.5 Å². The van der Waals surface area contributed by atoms with E-state index >= 15 is 0 Å². The van der Waals surface area contributed by atoms with Crippen LogP contribution in [-0.2, 0) is 16.6 Å². The molecule has 0 aromatic heterocycles. The highest BCUT2D eigenvalue weighted by atomic mass is 35.5. The predicted molar refractivity (Wildman–Crippen MR) is 82.1 cm³/mol. The van der Waals surface area contributed by atoms with E-state index in [0.717, 1.165) is 17.1 Å². The molecule has 0 aliphatic heterocycles. The Morgan fingerprint density at radius 1 is 1.47 bits per heavy atom. The fourth-order valence-electron chi connectivity index (χ4n) is 1.52. The zero-order valence-electron chi connectivity index (χ0n) is 11.0. The Balaban J connectivity index is 2.85. The standard InChI is InChI=1S/C12H19ClN2O2S2/c1-3-18-8-9(2)15-19(16,17)11-5-4-10(7-14)12(13)6-11/h4-6,9,15H,3,7-8,14H2,1-2H3. The van der Waals surface area contributed by atoms with Crippen molar-refractivity contribution < 1.29 is 8.42 Å². The Labute approximate surface area is 124 Å². The van der Waals surface area contributed by atoms with E-state index in [9.17, 15) is 8.42 Å². The Morgan fingerprint density at radius 3 is 2.68 bits per heavy atom. The highest BCUT2D eigenvalue weighted by molar-refractivity contribution is 7.99. The van der Waals surface area contributed by atoms with Gasteiger partial charge >= 0.3 is 0 Å². The van der Waals surface area contributed by atoms with Crippen LogP contribution in [0.2, 0.25) is 5.02 Å². The van der Waals surface area contributed by atoms with Gasteiger partial charge in [0.25, 0.3) is 0 Å². The Kier molecular flexibility index (Phi) is 6.62. The Morgan fingerprint density at radius 2 is 2.16 bits per heavy atom. The molecule has 3 N–H and O–H groups in total. The maximum absolute atomic E-state index is 12.1. The lowest BCUT2D eigenvalue weighted by atomic mass is 10.2. The molecule has 0 amide bonds. The molecule has 0 fully saturated rings. The summed E-state index contributed by atoms with van der Waals surface area (Å²) >= 11 is 7.67. The third kappa shape index (κ3) is 4.96. The van der Waals surface area contributed by atoms with Gasteiger partial charge in [-0.1, -0.05) is 24.6 Å². The summed E-state index contributed by atoms with van der Waals surface area (Å²) in [6.45, 7) is 4.17. The van der Waals surface area contributed by atoms with Gasteiger partial charge in [-0.3, -0.25) is 0 Å².